The Balaban J connectivity index is 1.54. The summed E-state index contributed by atoms with van der Waals surface area (Å²) >= 11 is 0. The van der Waals surface area contributed by atoms with Gasteiger partial charge >= 0.3 is 0 Å². The van der Waals surface area contributed by atoms with Crippen LogP contribution in [0.5, 0.6) is 0 Å². The molecule has 3 rings (SSSR count). The van der Waals surface area contributed by atoms with E-state index in [1.165, 1.54) is 17.7 Å². The molecule has 5 nitrogen and oxygen atoms in total. The van der Waals surface area contributed by atoms with Gasteiger partial charge in [0.1, 0.15) is 6.10 Å². The average molecular weight is 376 g/mol. The lowest BCUT2D eigenvalue weighted by Crippen LogP contribution is -2.24. The molecular weight excluding hydrogens is 352 g/mol. The Morgan fingerprint density at radius 1 is 1.08 bits per heavy atom. The molecule has 0 aromatic heterocycles. The average Bonchev–Trinajstić information content (AvgIpc) is 2.88. The van der Waals surface area contributed by atoms with E-state index in [4.69, 9.17) is 13.7 Å². The van der Waals surface area contributed by atoms with Crippen LogP contribution in [0.4, 0.5) is 0 Å². The molecule has 2 atom stereocenters. The molecule has 0 amide bonds. The lowest BCUT2D eigenvalue weighted by Gasteiger charge is -2.25. The predicted octanol–water partition coefficient (Wildman–Crippen LogP) is 3.50. The Kier molecular flexibility index (Phi) is 6.43. The summed E-state index contributed by atoms with van der Waals surface area (Å²) in [4.78, 5) is 0.147. The molecule has 0 fully saturated rings. The highest BCUT2D eigenvalue weighted by molar-refractivity contribution is 7.86. The van der Waals surface area contributed by atoms with Gasteiger partial charge in [0, 0.05) is 6.61 Å². The van der Waals surface area contributed by atoms with E-state index in [-0.39, 0.29) is 30.3 Å². The number of hydrogen-bond acceptors (Lipinski definition) is 5. The molecule has 0 saturated heterocycles. The molecule has 1 heterocycles. The van der Waals surface area contributed by atoms with Crippen LogP contribution < -0.4 is 0 Å². The van der Waals surface area contributed by atoms with Crippen molar-refractivity contribution in [3.63, 3.8) is 0 Å². The Bertz CT molecular complexity index is 804. The quantitative estimate of drug-likeness (QED) is 0.547. The Hall–Kier alpha value is -1.73. The van der Waals surface area contributed by atoms with Crippen molar-refractivity contribution in [1.29, 1.82) is 0 Å². The molecule has 1 aliphatic rings. The minimum atomic E-state index is -3.75. The van der Waals surface area contributed by atoms with Crippen molar-refractivity contribution in [2.24, 2.45) is 0 Å². The van der Waals surface area contributed by atoms with Gasteiger partial charge in [0.05, 0.1) is 24.2 Å². The highest BCUT2D eigenvalue weighted by Crippen LogP contribution is 2.30. The first-order valence-electron chi connectivity index (χ1n) is 8.83. The van der Waals surface area contributed by atoms with Crippen LogP contribution in [-0.4, -0.2) is 34.3 Å². The standard InChI is InChI=1S/C20H24O5S/c1-16(20-19-12-6-5-8-17(19)9-7-13-24-20)23-14-15-25-26(21,22)18-10-3-2-4-11-18/h2-6,8,10-12,16,20H,7,9,13-15H2,1H3. The van der Waals surface area contributed by atoms with Crippen LogP contribution in [0.1, 0.15) is 30.6 Å². The van der Waals surface area contributed by atoms with Crippen molar-refractivity contribution in [2.75, 3.05) is 19.8 Å². The molecule has 2 aromatic rings. The summed E-state index contributed by atoms with van der Waals surface area (Å²) < 4.78 is 41.0. The number of hydrogen-bond donors (Lipinski definition) is 0. The minimum absolute atomic E-state index is 0.0318. The van der Waals surface area contributed by atoms with E-state index in [1.807, 2.05) is 19.1 Å². The predicted molar refractivity (Wildman–Crippen MR) is 98.4 cm³/mol. The number of rotatable bonds is 7. The summed E-state index contributed by atoms with van der Waals surface area (Å²) in [5.74, 6) is 0. The number of aryl methyl sites for hydroxylation is 1. The fourth-order valence-corrected chi connectivity index (χ4v) is 4.02. The van der Waals surface area contributed by atoms with Gasteiger partial charge in [-0.15, -0.1) is 0 Å². The van der Waals surface area contributed by atoms with Gasteiger partial charge in [0.2, 0.25) is 0 Å². The van der Waals surface area contributed by atoms with Crippen molar-refractivity contribution < 1.29 is 22.1 Å². The molecule has 0 saturated carbocycles. The SMILES string of the molecule is CC(OCCOS(=O)(=O)c1ccccc1)C1OCCCc2ccccc21. The fourth-order valence-electron chi connectivity index (χ4n) is 3.11. The monoisotopic (exact) mass is 376 g/mol. The van der Waals surface area contributed by atoms with Crippen molar-refractivity contribution in [2.45, 2.75) is 36.9 Å². The van der Waals surface area contributed by atoms with Crippen LogP contribution in [0.15, 0.2) is 59.5 Å². The summed E-state index contributed by atoms with van der Waals surface area (Å²) in [6.45, 7) is 2.77. The van der Waals surface area contributed by atoms with Crippen LogP contribution in [0.3, 0.4) is 0 Å². The second-order valence-electron chi connectivity index (χ2n) is 6.26. The highest BCUT2D eigenvalue weighted by Gasteiger charge is 2.25. The highest BCUT2D eigenvalue weighted by atomic mass is 32.2. The van der Waals surface area contributed by atoms with Crippen LogP contribution in [-0.2, 0) is 30.2 Å². The first-order chi connectivity index (χ1) is 12.6. The first kappa shape index (κ1) is 19.0. The molecule has 0 bridgehead atoms. The van der Waals surface area contributed by atoms with Crippen LogP contribution in [0, 0.1) is 0 Å². The zero-order valence-electron chi connectivity index (χ0n) is 14.8. The Morgan fingerprint density at radius 2 is 1.81 bits per heavy atom. The molecule has 0 aliphatic carbocycles. The molecule has 0 spiro atoms. The maximum absolute atomic E-state index is 12.1. The topological polar surface area (TPSA) is 61.8 Å². The Morgan fingerprint density at radius 3 is 2.62 bits per heavy atom. The Labute approximate surface area is 155 Å². The molecule has 2 aromatic carbocycles. The third-order valence-electron chi connectivity index (χ3n) is 4.41. The molecule has 6 heteroatoms. The largest absolute Gasteiger partial charge is 0.373 e. The zero-order chi connectivity index (χ0) is 18.4. The van der Waals surface area contributed by atoms with Gasteiger partial charge in [-0.25, -0.2) is 0 Å². The maximum atomic E-state index is 12.1. The van der Waals surface area contributed by atoms with E-state index in [0.29, 0.717) is 6.61 Å². The van der Waals surface area contributed by atoms with E-state index in [0.717, 1.165) is 18.4 Å². The van der Waals surface area contributed by atoms with E-state index in [2.05, 4.69) is 12.1 Å². The van der Waals surface area contributed by atoms with E-state index < -0.39 is 10.1 Å². The van der Waals surface area contributed by atoms with Gasteiger partial charge in [-0.3, -0.25) is 4.18 Å². The van der Waals surface area contributed by atoms with Crippen molar-refractivity contribution >= 4 is 10.1 Å². The van der Waals surface area contributed by atoms with Crippen molar-refractivity contribution in [3.05, 3.63) is 65.7 Å². The van der Waals surface area contributed by atoms with Crippen LogP contribution in [0.2, 0.25) is 0 Å². The van der Waals surface area contributed by atoms with Crippen LogP contribution >= 0.6 is 0 Å². The fraction of sp³-hybridized carbons (Fsp3) is 0.400. The minimum Gasteiger partial charge on any atom is -0.373 e. The van der Waals surface area contributed by atoms with Gasteiger partial charge in [-0.2, -0.15) is 8.42 Å². The molecule has 0 radical (unpaired) electrons. The maximum Gasteiger partial charge on any atom is 0.297 e. The van der Waals surface area contributed by atoms with E-state index >= 15 is 0 Å². The molecule has 140 valence electrons. The summed E-state index contributed by atoms with van der Waals surface area (Å²) in [5, 5.41) is 0. The van der Waals surface area contributed by atoms with Gasteiger partial charge in [-0.1, -0.05) is 42.5 Å². The van der Waals surface area contributed by atoms with E-state index in [9.17, 15) is 8.42 Å². The lowest BCUT2D eigenvalue weighted by atomic mass is 9.97. The number of ether oxygens (including phenoxy) is 2. The third kappa shape index (κ3) is 4.71. The third-order valence-corrected chi connectivity index (χ3v) is 5.74. The smallest absolute Gasteiger partial charge is 0.297 e. The number of benzene rings is 2. The lowest BCUT2D eigenvalue weighted by molar-refractivity contribution is -0.0699. The van der Waals surface area contributed by atoms with Gasteiger partial charge < -0.3 is 9.47 Å². The van der Waals surface area contributed by atoms with Crippen LogP contribution in [0.25, 0.3) is 0 Å². The van der Waals surface area contributed by atoms with E-state index in [1.54, 1.807) is 18.2 Å². The molecular formula is C20H24O5S. The molecule has 2 unspecified atom stereocenters. The van der Waals surface area contributed by atoms with Gasteiger partial charge in [0.25, 0.3) is 10.1 Å². The second kappa shape index (κ2) is 8.77. The molecule has 1 aliphatic heterocycles. The van der Waals surface area contributed by atoms with Gasteiger partial charge in [0.15, 0.2) is 0 Å². The summed E-state index contributed by atoms with van der Waals surface area (Å²) in [5.41, 5.74) is 2.43. The second-order valence-corrected chi connectivity index (χ2v) is 7.87. The summed E-state index contributed by atoms with van der Waals surface area (Å²) in [6, 6.07) is 16.3. The molecule has 0 N–H and O–H groups in total. The summed E-state index contributed by atoms with van der Waals surface area (Å²) in [7, 11) is -3.75. The van der Waals surface area contributed by atoms with Crippen molar-refractivity contribution in [1.82, 2.24) is 0 Å². The molecule has 26 heavy (non-hydrogen) atoms. The summed E-state index contributed by atoms with van der Waals surface area (Å²) in [6.07, 6.45) is 1.63. The first-order valence-corrected chi connectivity index (χ1v) is 10.2. The zero-order valence-corrected chi connectivity index (χ0v) is 15.7. The number of fused-ring (bicyclic) bond motifs is 1. The van der Waals surface area contributed by atoms with Crippen molar-refractivity contribution in [3.8, 4) is 0 Å². The van der Waals surface area contributed by atoms with Gasteiger partial charge in [-0.05, 0) is 43.0 Å². The normalized spacial score (nSPS) is 18.7.